The number of aromatic hydroxyl groups is 2. The molecule has 0 spiro atoms. The van der Waals surface area contributed by atoms with Crippen LogP contribution in [0.1, 0.15) is 41.0 Å². The zero-order valence-electron chi connectivity index (χ0n) is 17.5. The van der Waals surface area contributed by atoms with Crippen LogP contribution in [0.2, 0.25) is 0 Å². The van der Waals surface area contributed by atoms with Gasteiger partial charge in [-0.25, -0.2) is 0 Å². The van der Waals surface area contributed by atoms with Crippen molar-refractivity contribution in [2.45, 2.75) is 57.1 Å². The zero-order chi connectivity index (χ0) is 23.7. The highest BCUT2D eigenvalue weighted by Gasteiger charge is 2.46. The number of benzene rings is 1. The van der Waals surface area contributed by atoms with Crippen LogP contribution in [0.5, 0.6) is 11.5 Å². The molecular weight excluding hydrogens is 424 g/mol. The topological polar surface area (TPSA) is 174 Å². The minimum atomic E-state index is -1.71. The van der Waals surface area contributed by atoms with Crippen molar-refractivity contribution in [3.63, 3.8) is 0 Å². The van der Waals surface area contributed by atoms with Gasteiger partial charge >= 0.3 is 0 Å². The Morgan fingerprint density at radius 3 is 2.28 bits per heavy atom. The molecule has 1 fully saturated rings. The lowest BCUT2D eigenvalue weighted by Crippen LogP contribution is -2.59. The van der Waals surface area contributed by atoms with Crippen LogP contribution in [0.4, 0.5) is 0 Å². The van der Waals surface area contributed by atoms with Gasteiger partial charge in [-0.1, -0.05) is 11.6 Å². The molecule has 1 aromatic rings. The summed E-state index contributed by atoms with van der Waals surface area (Å²) in [5, 5.41) is 59.8. The number of rotatable bonds is 6. The van der Waals surface area contributed by atoms with Crippen molar-refractivity contribution >= 4 is 11.6 Å². The molecule has 0 radical (unpaired) electrons. The molecule has 0 bridgehead atoms. The third kappa shape index (κ3) is 4.46. The summed E-state index contributed by atoms with van der Waals surface area (Å²) in [6, 6.07) is 2.19. The van der Waals surface area contributed by atoms with Gasteiger partial charge in [0.1, 0.15) is 35.9 Å². The molecule has 6 N–H and O–H groups in total. The summed E-state index contributed by atoms with van der Waals surface area (Å²) in [5.74, 6) is -2.43. The molecule has 0 amide bonds. The average molecular weight is 450 g/mol. The van der Waals surface area contributed by atoms with Gasteiger partial charge in [0.15, 0.2) is 17.9 Å². The number of ether oxygens (including phenoxy) is 2. The molecule has 174 valence electrons. The number of Topliss-reactive ketones (excluding diaryl/α,β-unsaturated/α-hetero) is 1. The van der Waals surface area contributed by atoms with Crippen LogP contribution < -0.4 is 0 Å². The Hall–Kier alpha value is -2.60. The Balaban J connectivity index is 1.98. The summed E-state index contributed by atoms with van der Waals surface area (Å²) in [7, 11) is 0. The van der Waals surface area contributed by atoms with Crippen LogP contribution in [0.3, 0.4) is 0 Å². The molecule has 10 heteroatoms. The maximum atomic E-state index is 13.2. The van der Waals surface area contributed by atoms with Gasteiger partial charge < -0.3 is 40.1 Å². The molecule has 0 saturated carbocycles. The predicted molar refractivity (Wildman–Crippen MR) is 109 cm³/mol. The average Bonchev–Trinajstić information content (AvgIpc) is 2.75. The molecule has 2 aliphatic rings. The van der Waals surface area contributed by atoms with Gasteiger partial charge in [-0.05, 0) is 38.5 Å². The molecule has 3 rings (SSSR count). The number of aliphatic hydroxyl groups excluding tert-OH is 4. The number of phenolic OH excluding ortho intramolecular Hbond substituents is 2. The summed E-state index contributed by atoms with van der Waals surface area (Å²) in [5.41, 5.74) is 0.0148. The number of ketones is 2. The molecule has 1 aliphatic heterocycles. The summed E-state index contributed by atoms with van der Waals surface area (Å²) >= 11 is 0. The second kappa shape index (κ2) is 9.49. The number of hydrogen-bond acceptors (Lipinski definition) is 10. The third-order valence-electron chi connectivity index (χ3n) is 5.42. The summed E-state index contributed by atoms with van der Waals surface area (Å²) in [4.78, 5) is 25.8. The number of aliphatic hydroxyl groups is 4. The van der Waals surface area contributed by atoms with E-state index >= 15 is 0 Å². The molecule has 32 heavy (non-hydrogen) atoms. The van der Waals surface area contributed by atoms with Crippen LogP contribution in [0.25, 0.3) is 0 Å². The number of hydrogen-bond donors (Lipinski definition) is 6. The fourth-order valence-corrected chi connectivity index (χ4v) is 3.66. The lowest BCUT2D eigenvalue weighted by atomic mass is 9.85. The van der Waals surface area contributed by atoms with Crippen molar-refractivity contribution in [2.24, 2.45) is 0 Å². The van der Waals surface area contributed by atoms with Crippen LogP contribution in [0.15, 0.2) is 35.4 Å². The molecule has 10 nitrogen and oxygen atoms in total. The number of carbonyl (C=O) groups excluding carboxylic acids is 2. The van der Waals surface area contributed by atoms with Crippen LogP contribution >= 0.6 is 0 Å². The highest BCUT2D eigenvalue weighted by Crippen LogP contribution is 2.37. The molecular formula is C22H26O10. The summed E-state index contributed by atoms with van der Waals surface area (Å²) < 4.78 is 11.1. The minimum Gasteiger partial charge on any atom is -0.507 e. The van der Waals surface area contributed by atoms with E-state index in [1.54, 1.807) is 19.9 Å². The lowest BCUT2D eigenvalue weighted by molar-refractivity contribution is -0.307. The molecule has 0 aromatic heterocycles. The number of fused-ring (bicyclic) bond motifs is 1. The van der Waals surface area contributed by atoms with Crippen molar-refractivity contribution in [2.75, 3.05) is 6.61 Å². The first kappa shape index (κ1) is 24.1. The molecule has 1 aromatic carbocycles. The van der Waals surface area contributed by atoms with E-state index in [0.29, 0.717) is 0 Å². The Morgan fingerprint density at radius 2 is 1.69 bits per heavy atom. The molecule has 1 aliphatic carbocycles. The number of phenols is 2. The second-order valence-electron chi connectivity index (χ2n) is 7.99. The van der Waals surface area contributed by atoms with E-state index in [0.717, 1.165) is 23.8 Å². The van der Waals surface area contributed by atoms with Crippen molar-refractivity contribution in [3.05, 3.63) is 46.6 Å². The monoisotopic (exact) mass is 450 g/mol. The van der Waals surface area contributed by atoms with Gasteiger partial charge in [0.05, 0.1) is 23.8 Å². The van der Waals surface area contributed by atoms with Crippen LogP contribution in [-0.2, 0) is 9.47 Å². The van der Waals surface area contributed by atoms with Gasteiger partial charge in [0, 0.05) is 5.57 Å². The molecule has 1 heterocycles. The first-order valence-electron chi connectivity index (χ1n) is 10.0. The normalized spacial score (nSPS) is 28.7. The smallest absolute Gasteiger partial charge is 0.196 e. The van der Waals surface area contributed by atoms with Crippen molar-refractivity contribution in [1.82, 2.24) is 0 Å². The fourth-order valence-electron chi connectivity index (χ4n) is 3.66. The number of allylic oxidation sites excluding steroid dienone is 2. The summed E-state index contributed by atoms with van der Waals surface area (Å²) in [6.07, 6.45) is -6.13. The van der Waals surface area contributed by atoms with Crippen LogP contribution in [0, 0.1) is 0 Å². The first-order valence-corrected chi connectivity index (χ1v) is 10.0. The van der Waals surface area contributed by atoms with E-state index in [1.807, 2.05) is 0 Å². The van der Waals surface area contributed by atoms with Gasteiger partial charge in [0.25, 0.3) is 0 Å². The quantitative estimate of drug-likeness (QED) is 0.255. The van der Waals surface area contributed by atoms with E-state index in [1.165, 1.54) is 0 Å². The number of carbonyl (C=O) groups is 2. The minimum absolute atomic E-state index is 0.0666. The maximum absolute atomic E-state index is 13.2. The van der Waals surface area contributed by atoms with Crippen molar-refractivity contribution < 1.29 is 49.7 Å². The van der Waals surface area contributed by atoms with Gasteiger partial charge in [-0.2, -0.15) is 0 Å². The Bertz CT molecular complexity index is 960. The molecule has 6 atom stereocenters. The standard InChI is InChI=1S/C22H26O10/c1-9(2)3-6-14(31-22-21(30)20(29)19(28)15(8-23)32-22)10-7-13(26)16-11(24)4-5-12(25)17(16)18(10)27/h3-5,7,14-15,19-25,28-30H,6,8H2,1-2H3/t14-,15-,19-,20+,21-,22-/m1/s1. The van der Waals surface area contributed by atoms with Gasteiger partial charge in [-0.15, -0.1) is 0 Å². The third-order valence-corrected chi connectivity index (χ3v) is 5.42. The first-order chi connectivity index (χ1) is 15.1. The van der Waals surface area contributed by atoms with Gasteiger partial charge in [0.2, 0.25) is 0 Å². The maximum Gasteiger partial charge on any atom is 0.196 e. The highest BCUT2D eigenvalue weighted by atomic mass is 16.7. The Morgan fingerprint density at radius 1 is 1.06 bits per heavy atom. The Labute approximate surface area is 183 Å². The van der Waals surface area contributed by atoms with Crippen molar-refractivity contribution in [1.29, 1.82) is 0 Å². The second-order valence-corrected chi connectivity index (χ2v) is 7.99. The molecule has 1 saturated heterocycles. The summed E-state index contributed by atoms with van der Waals surface area (Å²) in [6.45, 7) is 2.93. The van der Waals surface area contributed by atoms with E-state index in [2.05, 4.69) is 0 Å². The fraction of sp³-hybridized carbons (Fsp3) is 0.455. The largest absolute Gasteiger partial charge is 0.507 e. The highest BCUT2D eigenvalue weighted by molar-refractivity contribution is 6.27. The van der Waals surface area contributed by atoms with E-state index < -0.39 is 66.5 Å². The van der Waals surface area contributed by atoms with Gasteiger partial charge in [-0.3, -0.25) is 9.59 Å². The van der Waals surface area contributed by atoms with E-state index in [4.69, 9.17) is 9.47 Å². The van der Waals surface area contributed by atoms with E-state index in [9.17, 15) is 40.2 Å². The van der Waals surface area contributed by atoms with E-state index in [-0.39, 0.29) is 23.1 Å². The predicted octanol–water partition coefficient (Wildman–Crippen LogP) is -0.0554. The Kier molecular flexibility index (Phi) is 7.13. The van der Waals surface area contributed by atoms with Crippen molar-refractivity contribution in [3.8, 4) is 11.5 Å². The lowest BCUT2D eigenvalue weighted by Gasteiger charge is -2.41. The van der Waals surface area contributed by atoms with Crippen LogP contribution in [-0.4, -0.2) is 85.6 Å². The zero-order valence-corrected chi connectivity index (χ0v) is 17.5. The molecule has 0 unspecified atom stereocenters. The SMILES string of the molecule is CC(C)=CC[C@@H](O[C@@H]1O[C@H](CO)[C@@H](O)[C@H](O)[C@H]1O)C1=CC(=O)c2c(O)ccc(O)c2C1=O.